The van der Waals surface area contributed by atoms with Crippen LogP contribution in [0, 0.1) is 16.0 Å². The van der Waals surface area contributed by atoms with E-state index in [9.17, 15) is 19.7 Å². The second-order valence-electron chi connectivity index (χ2n) is 7.85. The van der Waals surface area contributed by atoms with Gasteiger partial charge in [0.05, 0.1) is 31.8 Å². The van der Waals surface area contributed by atoms with Crippen molar-refractivity contribution < 1.29 is 33.5 Å². The molecule has 0 N–H and O–H groups in total. The summed E-state index contributed by atoms with van der Waals surface area (Å²) in [7, 11) is 4.26. The van der Waals surface area contributed by atoms with Crippen LogP contribution in [0.3, 0.4) is 0 Å². The van der Waals surface area contributed by atoms with E-state index < -0.39 is 28.7 Å². The smallest absolute Gasteiger partial charge is 0.336 e. The van der Waals surface area contributed by atoms with E-state index in [0.29, 0.717) is 34.0 Å². The maximum atomic E-state index is 13.3. The second kappa shape index (κ2) is 10.8. The van der Waals surface area contributed by atoms with E-state index in [2.05, 4.69) is 4.99 Å². The van der Waals surface area contributed by atoms with Crippen molar-refractivity contribution in [1.82, 2.24) is 0 Å². The van der Waals surface area contributed by atoms with Crippen LogP contribution in [-0.2, 0) is 25.7 Å². The molecule has 2 unspecified atom stereocenters. The molecule has 2 aromatic rings. The molecule has 10 heteroatoms. The van der Waals surface area contributed by atoms with Crippen molar-refractivity contribution in [2.24, 2.45) is 10.9 Å². The maximum Gasteiger partial charge on any atom is 0.336 e. The minimum absolute atomic E-state index is 0.0801. The molecule has 0 radical (unpaired) electrons. The summed E-state index contributed by atoms with van der Waals surface area (Å²) in [5.41, 5.74) is 1.81. The SMILES string of the molecule is COC(=O)C1C(C)=NC(C)=C(C(=O)OCc2ccc(OC)c(OC)c2)C1c1cccc([N+](=O)[O-])c1. The fraction of sp³-hybridized carbons (Fsp3) is 0.320. The molecule has 10 nitrogen and oxygen atoms in total. The first-order chi connectivity index (χ1) is 16.7. The number of rotatable bonds is 8. The van der Waals surface area contributed by atoms with Crippen LogP contribution in [0.4, 0.5) is 5.69 Å². The Morgan fingerprint density at radius 2 is 1.74 bits per heavy atom. The van der Waals surface area contributed by atoms with Gasteiger partial charge in [0.2, 0.25) is 0 Å². The zero-order valence-corrected chi connectivity index (χ0v) is 20.1. The van der Waals surface area contributed by atoms with Crippen molar-refractivity contribution in [2.75, 3.05) is 21.3 Å². The van der Waals surface area contributed by atoms with Gasteiger partial charge in [0.25, 0.3) is 5.69 Å². The Balaban J connectivity index is 2.00. The summed E-state index contributed by atoms with van der Waals surface area (Å²) in [6.45, 7) is 3.21. The van der Waals surface area contributed by atoms with Gasteiger partial charge in [-0.3, -0.25) is 19.9 Å². The lowest BCUT2D eigenvalue weighted by Gasteiger charge is -2.31. The number of carbonyl (C=O) groups is 2. The summed E-state index contributed by atoms with van der Waals surface area (Å²) in [6.07, 6.45) is 0. The Hall–Kier alpha value is -4.21. The van der Waals surface area contributed by atoms with Crippen LogP contribution in [0.25, 0.3) is 0 Å². The molecule has 184 valence electrons. The molecule has 0 spiro atoms. The highest BCUT2D eigenvalue weighted by atomic mass is 16.6. The molecule has 0 saturated heterocycles. The number of nitro benzene ring substituents is 1. The van der Waals surface area contributed by atoms with E-state index in [1.165, 1.54) is 39.5 Å². The normalized spacial score (nSPS) is 17.3. The topological polar surface area (TPSA) is 127 Å². The summed E-state index contributed by atoms with van der Waals surface area (Å²) < 4.78 is 21.1. The molecule has 0 fully saturated rings. The van der Waals surface area contributed by atoms with E-state index in [0.717, 1.165) is 0 Å². The summed E-state index contributed by atoms with van der Waals surface area (Å²) in [5.74, 6) is -2.12. The number of aliphatic imine (C=N–C) groups is 1. The van der Waals surface area contributed by atoms with E-state index in [4.69, 9.17) is 18.9 Å². The van der Waals surface area contributed by atoms with E-state index in [1.54, 1.807) is 38.1 Å². The molecule has 0 saturated carbocycles. The lowest BCUT2D eigenvalue weighted by Crippen LogP contribution is -2.36. The van der Waals surface area contributed by atoms with Crippen molar-refractivity contribution in [1.29, 1.82) is 0 Å². The fourth-order valence-corrected chi connectivity index (χ4v) is 4.12. The minimum atomic E-state index is -0.950. The predicted octanol–water partition coefficient (Wildman–Crippen LogP) is 3.98. The Kier molecular flexibility index (Phi) is 7.85. The number of hydrogen-bond acceptors (Lipinski definition) is 9. The van der Waals surface area contributed by atoms with Crippen LogP contribution in [0.5, 0.6) is 11.5 Å². The lowest BCUT2D eigenvalue weighted by molar-refractivity contribution is -0.384. The van der Waals surface area contributed by atoms with Crippen LogP contribution >= 0.6 is 0 Å². The van der Waals surface area contributed by atoms with Gasteiger partial charge in [-0.15, -0.1) is 0 Å². The van der Waals surface area contributed by atoms with Crippen molar-refractivity contribution >= 4 is 23.3 Å². The third-order valence-corrected chi connectivity index (χ3v) is 5.76. The molecule has 0 amide bonds. The molecule has 2 atom stereocenters. The Morgan fingerprint density at radius 1 is 1.03 bits per heavy atom. The van der Waals surface area contributed by atoms with Gasteiger partial charge in [0, 0.05) is 29.5 Å². The van der Waals surface area contributed by atoms with Crippen LogP contribution in [0.15, 0.2) is 58.7 Å². The first-order valence-electron chi connectivity index (χ1n) is 10.7. The number of non-ortho nitro benzene ring substituents is 1. The molecule has 1 aliphatic rings. The number of methoxy groups -OCH3 is 3. The van der Waals surface area contributed by atoms with Crippen molar-refractivity contribution in [3.05, 3.63) is 75.0 Å². The van der Waals surface area contributed by atoms with Crippen LogP contribution < -0.4 is 9.47 Å². The molecule has 0 aromatic heterocycles. The van der Waals surface area contributed by atoms with Gasteiger partial charge in [0.1, 0.15) is 12.5 Å². The average molecular weight is 482 g/mol. The van der Waals surface area contributed by atoms with Gasteiger partial charge in [0.15, 0.2) is 11.5 Å². The minimum Gasteiger partial charge on any atom is -0.493 e. The molecule has 1 aliphatic heterocycles. The van der Waals surface area contributed by atoms with Crippen molar-refractivity contribution in [3.8, 4) is 11.5 Å². The zero-order chi connectivity index (χ0) is 25.7. The van der Waals surface area contributed by atoms with Gasteiger partial charge >= 0.3 is 11.9 Å². The van der Waals surface area contributed by atoms with E-state index in [1.807, 2.05) is 0 Å². The van der Waals surface area contributed by atoms with Gasteiger partial charge in [-0.2, -0.15) is 0 Å². The summed E-state index contributed by atoms with van der Waals surface area (Å²) in [5, 5.41) is 11.4. The highest BCUT2D eigenvalue weighted by Gasteiger charge is 2.42. The zero-order valence-electron chi connectivity index (χ0n) is 20.1. The monoisotopic (exact) mass is 482 g/mol. The number of hydrogen-bond donors (Lipinski definition) is 0. The molecule has 0 bridgehead atoms. The summed E-state index contributed by atoms with van der Waals surface area (Å²) >= 11 is 0. The van der Waals surface area contributed by atoms with Crippen molar-refractivity contribution in [3.63, 3.8) is 0 Å². The number of carbonyl (C=O) groups excluding carboxylic acids is 2. The molecule has 1 heterocycles. The van der Waals surface area contributed by atoms with E-state index >= 15 is 0 Å². The molecular weight excluding hydrogens is 456 g/mol. The predicted molar refractivity (Wildman–Crippen MR) is 126 cm³/mol. The van der Waals surface area contributed by atoms with E-state index in [-0.39, 0.29) is 17.9 Å². The highest BCUT2D eigenvalue weighted by molar-refractivity contribution is 6.07. The van der Waals surface area contributed by atoms with Gasteiger partial charge in [-0.05, 0) is 37.1 Å². The molecule has 3 rings (SSSR count). The van der Waals surface area contributed by atoms with Crippen LogP contribution in [0.1, 0.15) is 30.9 Å². The third kappa shape index (κ3) is 5.32. The summed E-state index contributed by atoms with van der Waals surface area (Å²) in [6, 6.07) is 10.9. The van der Waals surface area contributed by atoms with Gasteiger partial charge in [-0.1, -0.05) is 18.2 Å². The Morgan fingerprint density at radius 3 is 2.37 bits per heavy atom. The molecule has 0 aliphatic carbocycles. The third-order valence-electron chi connectivity index (χ3n) is 5.76. The maximum absolute atomic E-state index is 13.3. The molecule has 2 aromatic carbocycles. The molecule has 35 heavy (non-hydrogen) atoms. The number of nitrogens with zero attached hydrogens (tertiary/aromatic N) is 2. The summed E-state index contributed by atoms with van der Waals surface area (Å²) in [4.78, 5) is 41.3. The Labute approximate surface area is 202 Å². The van der Waals surface area contributed by atoms with Gasteiger partial charge in [-0.25, -0.2) is 4.79 Å². The number of ether oxygens (including phenoxy) is 4. The Bertz CT molecular complexity index is 1220. The van der Waals surface area contributed by atoms with Gasteiger partial charge < -0.3 is 18.9 Å². The first kappa shape index (κ1) is 25.4. The number of nitro groups is 1. The van der Waals surface area contributed by atoms with Crippen molar-refractivity contribution in [2.45, 2.75) is 26.4 Å². The standard InChI is InChI=1S/C25H26N2O8/c1-14-21(24(28)34-5)23(17-7-6-8-18(12-17)27(30)31)22(15(2)26-14)25(29)35-13-16-9-10-19(32-3)20(11-16)33-4/h6-12,21,23H,13H2,1-5H3. The average Bonchev–Trinajstić information content (AvgIpc) is 2.86. The number of allylic oxidation sites excluding steroid dienone is 1. The lowest BCUT2D eigenvalue weighted by atomic mass is 9.75. The first-order valence-corrected chi connectivity index (χ1v) is 10.7. The number of esters is 2. The highest BCUT2D eigenvalue weighted by Crippen LogP contribution is 2.41. The van der Waals surface area contributed by atoms with Crippen LogP contribution in [-0.4, -0.2) is 43.9 Å². The largest absolute Gasteiger partial charge is 0.493 e. The fourth-order valence-electron chi connectivity index (χ4n) is 4.12. The number of benzene rings is 2. The molecular formula is C25H26N2O8. The van der Waals surface area contributed by atoms with Crippen LogP contribution in [0.2, 0.25) is 0 Å². The quantitative estimate of drug-likeness (QED) is 0.314. The second-order valence-corrected chi connectivity index (χ2v) is 7.85.